The highest BCUT2D eigenvalue weighted by Crippen LogP contribution is 2.38. The van der Waals surface area contributed by atoms with E-state index in [0.717, 1.165) is 79.3 Å². The van der Waals surface area contributed by atoms with E-state index >= 15 is 0 Å². The highest BCUT2D eigenvalue weighted by molar-refractivity contribution is 6.12. The van der Waals surface area contributed by atoms with Crippen molar-refractivity contribution in [1.29, 1.82) is 15.8 Å². The van der Waals surface area contributed by atoms with Crippen molar-refractivity contribution in [3.63, 3.8) is 0 Å². The number of nitriles is 3. The third-order valence-electron chi connectivity index (χ3n) is 9.66. The lowest BCUT2D eigenvalue weighted by Crippen LogP contribution is -2.01. The van der Waals surface area contributed by atoms with Crippen LogP contribution in [0, 0.1) is 46.3 Å². The normalized spacial score (nSPS) is 11.6. The fourth-order valence-electron chi connectivity index (χ4n) is 7.40. The smallest absolute Gasteiger partial charge is 0.0998 e. The molecule has 6 aromatic carbocycles. The fourth-order valence-corrected chi connectivity index (χ4v) is 7.40. The summed E-state index contributed by atoms with van der Waals surface area (Å²) >= 11 is 0. The van der Waals surface area contributed by atoms with Crippen molar-refractivity contribution in [3.05, 3.63) is 150 Å². The predicted octanol–water partition coefficient (Wildman–Crippen LogP) is 11.0. The van der Waals surface area contributed by atoms with Crippen LogP contribution in [0.3, 0.4) is 0 Å². The zero-order chi connectivity index (χ0) is 35.1. The van der Waals surface area contributed by atoms with E-state index in [-0.39, 0.29) is 0 Å². The largest absolute Gasteiger partial charge is 0.312 e. The average molecular weight is 652 g/mol. The zero-order valence-corrected chi connectivity index (χ0v) is 27.9. The van der Waals surface area contributed by atoms with Crippen molar-refractivity contribution in [3.8, 4) is 47.4 Å². The van der Waals surface area contributed by atoms with Crippen LogP contribution in [0.4, 0.5) is 0 Å². The summed E-state index contributed by atoms with van der Waals surface area (Å²) in [5, 5.41) is 33.7. The first kappa shape index (κ1) is 31.0. The molecule has 0 unspecified atom stereocenters. The summed E-state index contributed by atoms with van der Waals surface area (Å²) < 4.78 is 4.42. The molecule has 2 heterocycles. The summed E-state index contributed by atoms with van der Waals surface area (Å²) in [5.41, 5.74) is 11.0. The number of terminal acetylenes is 1. The Hall–Kier alpha value is -7.31. The third kappa shape index (κ3) is 5.02. The van der Waals surface area contributed by atoms with Gasteiger partial charge in [-0.2, -0.15) is 15.8 Å². The highest BCUT2D eigenvalue weighted by Gasteiger charge is 2.19. The molecule has 5 nitrogen and oxygen atoms in total. The van der Waals surface area contributed by atoms with Crippen molar-refractivity contribution < 1.29 is 0 Å². The Morgan fingerprint density at radius 2 is 1.25 bits per heavy atom. The van der Waals surface area contributed by atoms with Gasteiger partial charge in [0.15, 0.2) is 0 Å². The molecule has 0 bridgehead atoms. The van der Waals surface area contributed by atoms with Gasteiger partial charge >= 0.3 is 0 Å². The molecule has 238 valence electrons. The molecule has 51 heavy (non-hydrogen) atoms. The third-order valence-corrected chi connectivity index (χ3v) is 9.66. The second-order valence-electron chi connectivity index (χ2n) is 12.5. The zero-order valence-electron chi connectivity index (χ0n) is 27.9. The Balaban J connectivity index is 1.29. The number of fused-ring (bicyclic) bond motifs is 6. The van der Waals surface area contributed by atoms with Gasteiger partial charge in [0.25, 0.3) is 0 Å². The molecule has 8 rings (SSSR count). The van der Waals surface area contributed by atoms with Gasteiger partial charge in [-0.05, 0) is 84.3 Å². The number of allylic oxidation sites excluding steroid dienone is 2. The number of rotatable bonds is 6. The van der Waals surface area contributed by atoms with Crippen LogP contribution in [0.2, 0.25) is 0 Å². The maximum atomic E-state index is 10.2. The van der Waals surface area contributed by atoms with Crippen LogP contribution < -0.4 is 0 Å². The number of para-hydroxylation sites is 2. The molecular weight excluding hydrogens is 623 g/mol. The van der Waals surface area contributed by atoms with Crippen molar-refractivity contribution in [2.45, 2.75) is 19.8 Å². The van der Waals surface area contributed by atoms with E-state index in [2.05, 4.69) is 88.7 Å². The lowest BCUT2D eigenvalue weighted by molar-refractivity contribution is 0.929. The minimum Gasteiger partial charge on any atom is -0.312 e. The fraction of sp³-hybridized carbons (Fsp3) is 0.0652. The molecule has 2 aromatic heterocycles. The SMILES string of the molecule is C#C/C(=C(\CCC)n1c2ccccc2c2ccccc21)c1ccc(C#N)c(-c2ccc(-n3c4ccc(C#N)cc4c4ccc(C#N)cc43)cc2)c1. The summed E-state index contributed by atoms with van der Waals surface area (Å²) in [7, 11) is 0. The van der Waals surface area contributed by atoms with E-state index in [0.29, 0.717) is 16.7 Å². The van der Waals surface area contributed by atoms with Crippen LogP contribution >= 0.6 is 0 Å². The molecule has 0 N–H and O–H groups in total. The monoisotopic (exact) mass is 651 g/mol. The second-order valence-corrected chi connectivity index (χ2v) is 12.5. The van der Waals surface area contributed by atoms with Gasteiger partial charge in [-0.15, -0.1) is 6.42 Å². The molecule has 0 aliphatic heterocycles. The summed E-state index contributed by atoms with van der Waals surface area (Å²) in [6.07, 6.45) is 8.04. The van der Waals surface area contributed by atoms with Gasteiger partial charge in [0, 0.05) is 38.5 Å². The average Bonchev–Trinajstić information content (AvgIpc) is 3.69. The van der Waals surface area contributed by atoms with Crippen molar-refractivity contribution in [2.24, 2.45) is 0 Å². The van der Waals surface area contributed by atoms with Crippen molar-refractivity contribution in [2.75, 3.05) is 0 Å². The maximum Gasteiger partial charge on any atom is 0.0998 e. The van der Waals surface area contributed by atoms with E-state index < -0.39 is 0 Å². The molecule has 0 radical (unpaired) electrons. The first-order chi connectivity index (χ1) is 25.1. The minimum absolute atomic E-state index is 0.552. The van der Waals surface area contributed by atoms with E-state index in [1.54, 1.807) is 6.07 Å². The van der Waals surface area contributed by atoms with Gasteiger partial charge < -0.3 is 9.13 Å². The van der Waals surface area contributed by atoms with Gasteiger partial charge in [-0.25, -0.2) is 0 Å². The quantitative estimate of drug-likeness (QED) is 0.168. The predicted molar refractivity (Wildman–Crippen MR) is 207 cm³/mol. The molecule has 0 aliphatic rings. The van der Waals surface area contributed by atoms with Gasteiger partial charge in [-0.3, -0.25) is 0 Å². The van der Waals surface area contributed by atoms with Crippen LogP contribution in [-0.4, -0.2) is 9.13 Å². The van der Waals surface area contributed by atoms with Crippen molar-refractivity contribution >= 4 is 54.9 Å². The van der Waals surface area contributed by atoms with Crippen molar-refractivity contribution in [1.82, 2.24) is 9.13 Å². The molecule has 0 amide bonds. The Labute approximate surface area is 295 Å². The van der Waals surface area contributed by atoms with Gasteiger partial charge in [-0.1, -0.05) is 79.9 Å². The van der Waals surface area contributed by atoms with Crippen LogP contribution in [0.1, 0.15) is 42.0 Å². The molecule has 0 spiro atoms. The minimum atomic E-state index is 0.552. The number of benzene rings is 6. The summed E-state index contributed by atoms with van der Waals surface area (Å²) in [5.74, 6) is 3.05. The summed E-state index contributed by atoms with van der Waals surface area (Å²) in [4.78, 5) is 0. The first-order valence-corrected chi connectivity index (χ1v) is 16.8. The topological polar surface area (TPSA) is 81.2 Å². The second kappa shape index (κ2) is 12.6. The lowest BCUT2D eigenvalue weighted by Gasteiger charge is -2.17. The van der Waals surface area contributed by atoms with E-state index in [4.69, 9.17) is 6.42 Å². The Morgan fingerprint density at radius 3 is 1.90 bits per heavy atom. The molecular formula is C46H29N5. The van der Waals surface area contributed by atoms with Gasteiger partial charge in [0.1, 0.15) is 0 Å². The van der Waals surface area contributed by atoms with Gasteiger partial charge in [0.2, 0.25) is 0 Å². The number of nitrogens with zero attached hydrogens (tertiary/aromatic N) is 5. The lowest BCUT2D eigenvalue weighted by atomic mass is 9.93. The number of hydrogen-bond acceptors (Lipinski definition) is 3. The summed E-state index contributed by atoms with van der Waals surface area (Å²) in [6, 6.07) is 48.9. The number of aromatic nitrogens is 2. The number of hydrogen-bond donors (Lipinski definition) is 0. The molecule has 0 saturated carbocycles. The molecule has 5 heteroatoms. The molecule has 0 atom stereocenters. The molecule has 8 aromatic rings. The van der Waals surface area contributed by atoms with Crippen LogP contribution in [0.25, 0.3) is 71.7 Å². The Kier molecular flexibility index (Phi) is 7.67. The first-order valence-electron chi connectivity index (χ1n) is 16.8. The Bertz CT molecular complexity index is 2850. The maximum absolute atomic E-state index is 10.2. The highest BCUT2D eigenvalue weighted by atomic mass is 15.0. The van der Waals surface area contributed by atoms with Crippen LogP contribution in [-0.2, 0) is 0 Å². The van der Waals surface area contributed by atoms with Crippen LogP contribution in [0.5, 0.6) is 0 Å². The Morgan fingerprint density at radius 1 is 0.608 bits per heavy atom. The molecule has 0 saturated heterocycles. The van der Waals surface area contributed by atoms with Gasteiger partial charge in [0.05, 0.1) is 62.5 Å². The van der Waals surface area contributed by atoms with E-state index in [1.165, 1.54) is 10.8 Å². The molecule has 0 aliphatic carbocycles. The van der Waals surface area contributed by atoms with E-state index in [9.17, 15) is 15.8 Å². The van der Waals surface area contributed by atoms with Crippen LogP contribution in [0.15, 0.2) is 127 Å². The van der Waals surface area contributed by atoms with E-state index in [1.807, 2.05) is 72.8 Å². The summed E-state index contributed by atoms with van der Waals surface area (Å²) in [6.45, 7) is 2.16. The molecule has 0 fully saturated rings. The standard InChI is InChI=1S/C46H29N5/c1-3-9-42(51-43-12-7-5-10-37(43)38-11-6-8-13-44(38)51)36(4-2)33-16-17-34(29-49)40(26-33)32-18-20-35(21-19-32)50-45-23-15-30(27-47)24-41(45)39-22-14-31(28-48)25-46(39)50/h2,5-8,10-26H,3,9H2,1H3/b42-36-.